The highest BCUT2D eigenvalue weighted by molar-refractivity contribution is 5.26. The van der Waals surface area contributed by atoms with Gasteiger partial charge in [0.1, 0.15) is 5.76 Å². The average molecular weight is 149 g/mol. The van der Waals surface area contributed by atoms with E-state index in [9.17, 15) is 0 Å². The van der Waals surface area contributed by atoms with Crippen LogP contribution >= 0.6 is 0 Å². The molecule has 11 heavy (non-hydrogen) atoms. The SMILES string of the molecule is COC1=CC[C@@](C)(C#N)C=C1. The Hall–Kier alpha value is -1.23. The van der Waals surface area contributed by atoms with E-state index in [0.29, 0.717) is 0 Å². The molecule has 1 rings (SSSR count). The molecule has 0 N–H and O–H groups in total. The van der Waals surface area contributed by atoms with Gasteiger partial charge in [0.25, 0.3) is 0 Å². The van der Waals surface area contributed by atoms with Gasteiger partial charge in [0.2, 0.25) is 0 Å². The molecule has 0 aromatic rings. The molecule has 0 bridgehead atoms. The fraction of sp³-hybridized carbons (Fsp3) is 0.444. The molecule has 0 spiro atoms. The van der Waals surface area contributed by atoms with E-state index in [1.54, 1.807) is 7.11 Å². The van der Waals surface area contributed by atoms with Crippen molar-refractivity contribution in [3.8, 4) is 6.07 Å². The largest absolute Gasteiger partial charge is 0.497 e. The summed E-state index contributed by atoms with van der Waals surface area (Å²) in [6.45, 7) is 1.91. The van der Waals surface area contributed by atoms with E-state index in [4.69, 9.17) is 10.00 Å². The van der Waals surface area contributed by atoms with Crippen molar-refractivity contribution in [2.24, 2.45) is 5.41 Å². The van der Waals surface area contributed by atoms with Crippen molar-refractivity contribution in [2.75, 3.05) is 7.11 Å². The lowest BCUT2D eigenvalue weighted by molar-refractivity contribution is 0.299. The Bertz CT molecular complexity index is 247. The van der Waals surface area contributed by atoms with Crippen LogP contribution in [-0.2, 0) is 4.74 Å². The normalized spacial score (nSPS) is 29.0. The number of hydrogen-bond donors (Lipinski definition) is 0. The lowest BCUT2D eigenvalue weighted by atomic mass is 9.85. The summed E-state index contributed by atoms with van der Waals surface area (Å²) in [4.78, 5) is 0. The van der Waals surface area contributed by atoms with Gasteiger partial charge in [0.05, 0.1) is 18.6 Å². The molecule has 0 amide bonds. The molecule has 2 heteroatoms. The van der Waals surface area contributed by atoms with Crippen LogP contribution in [-0.4, -0.2) is 7.11 Å². The molecule has 58 valence electrons. The van der Waals surface area contributed by atoms with Gasteiger partial charge in [0, 0.05) is 0 Å². The fourth-order valence-corrected chi connectivity index (χ4v) is 0.949. The summed E-state index contributed by atoms with van der Waals surface area (Å²) in [5.41, 5.74) is -0.331. The van der Waals surface area contributed by atoms with Gasteiger partial charge < -0.3 is 4.74 Å². The molecule has 0 fully saturated rings. The number of rotatable bonds is 1. The molecule has 0 unspecified atom stereocenters. The van der Waals surface area contributed by atoms with Crippen molar-refractivity contribution in [3.63, 3.8) is 0 Å². The Morgan fingerprint density at radius 1 is 1.73 bits per heavy atom. The van der Waals surface area contributed by atoms with Crippen LogP contribution in [0.3, 0.4) is 0 Å². The summed E-state index contributed by atoms with van der Waals surface area (Å²) in [5.74, 6) is 0.845. The van der Waals surface area contributed by atoms with Crippen LogP contribution in [0.1, 0.15) is 13.3 Å². The average Bonchev–Trinajstić information content (AvgIpc) is 2.06. The van der Waals surface area contributed by atoms with E-state index in [1.807, 2.05) is 25.2 Å². The third kappa shape index (κ3) is 1.62. The first-order chi connectivity index (χ1) is 5.20. The van der Waals surface area contributed by atoms with Crippen LogP contribution in [0.4, 0.5) is 0 Å². The minimum absolute atomic E-state index is 0.331. The first-order valence-corrected chi connectivity index (χ1v) is 3.55. The van der Waals surface area contributed by atoms with Crippen molar-refractivity contribution >= 4 is 0 Å². The maximum Gasteiger partial charge on any atom is 0.114 e. The zero-order valence-corrected chi connectivity index (χ0v) is 6.79. The highest BCUT2D eigenvalue weighted by atomic mass is 16.5. The predicted molar refractivity (Wildman–Crippen MR) is 42.6 cm³/mol. The summed E-state index contributed by atoms with van der Waals surface area (Å²) < 4.78 is 4.99. The van der Waals surface area contributed by atoms with Gasteiger partial charge >= 0.3 is 0 Å². The van der Waals surface area contributed by atoms with E-state index < -0.39 is 0 Å². The molecule has 0 aromatic heterocycles. The standard InChI is InChI=1S/C9H11NO/c1-9(7-10)5-3-8(11-2)4-6-9/h3-5H,6H2,1-2H3/t9-/m0/s1. The van der Waals surface area contributed by atoms with Crippen molar-refractivity contribution in [1.29, 1.82) is 5.26 Å². The summed E-state index contributed by atoms with van der Waals surface area (Å²) in [6.07, 6.45) is 6.39. The Kier molecular flexibility index (Phi) is 2.00. The molecule has 1 atom stereocenters. The van der Waals surface area contributed by atoms with Crippen LogP contribution in [0.5, 0.6) is 0 Å². The topological polar surface area (TPSA) is 33.0 Å². The summed E-state index contributed by atoms with van der Waals surface area (Å²) in [5, 5.41) is 8.74. The van der Waals surface area contributed by atoms with Crippen LogP contribution in [0.2, 0.25) is 0 Å². The van der Waals surface area contributed by atoms with Gasteiger partial charge in [-0.25, -0.2) is 0 Å². The summed E-state index contributed by atoms with van der Waals surface area (Å²) >= 11 is 0. The third-order valence-electron chi connectivity index (χ3n) is 1.83. The first-order valence-electron chi connectivity index (χ1n) is 3.55. The first kappa shape index (κ1) is 7.87. The fourth-order valence-electron chi connectivity index (χ4n) is 0.949. The molecule has 0 saturated carbocycles. The summed E-state index contributed by atoms with van der Waals surface area (Å²) in [6, 6.07) is 2.24. The van der Waals surface area contributed by atoms with Gasteiger partial charge in [0.15, 0.2) is 0 Å². The van der Waals surface area contributed by atoms with E-state index in [2.05, 4.69) is 6.07 Å². The molecule has 0 aliphatic heterocycles. The molecular weight excluding hydrogens is 138 g/mol. The molecular formula is C9H11NO. The number of nitrogens with zero attached hydrogens (tertiary/aromatic N) is 1. The lowest BCUT2D eigenvalue weighted by Crippen LogP contribution is -2.11. The minimum Gasteiger partial charge on any atom is -0.497 e. The van der Waals surface area contributed by atoms with Gasteiger partial charge in [-0.1, -0.05) is 6.08 Å². The van der Waals surface area contributed by atoms with Crippen LogP contribution in [0.25, 0.3) is 0 Å². The second kappa shape index (κ2) is 2.79. The Labute approximate surface area is 66.8 Å². The monoisotopic (exact) mass is 149 g/mol. The van der Waals surface area contributed by atoms with E-state index in [-0.39, 0.29) is 5.41 Å². The highest BCUT2D eigenvalue weighted by Gasteiger charge is 2.21. The lowest BCUT2D eigenvalue weighted by Gasteiger charge is -2.18. The van der Waals surface area contributed by atoms with Crippen molar-refractivity contribution in [3.05, 3.63) is 24.0 Å². The van der Waals surface area contributed by atoms with E-state index >= 15 is 0 Å². The molecule has 0 aromatic carbocycles. The quantitative estimate of drug-likeness (QED) is 0.571. The van der Waals surface area contributed by atoms with Crippen molar-refractivity contribution in [2.45, 2.75) is 13.3 Å². The number of methoxy groups -OCH3 is 1. The number of ether oxygens (including phenoxy) is 1. The molecule has 2 nitrogen and oxygen atoms in total. The Morgan fingerprint density at radius 2 is 2.45 bits per heavy atom. The Balaban J connectivity index is 2.73. The summed E-state index contributed by atoms with van der Waals surface area (Å²) in [7, 11) is 1.63. The van der Waals surface area contributed by atoms with E-state index in [0.717, 1.165) is 12.2 Å². The van der Waals surface area contributed by atoms with Gasteiger partial charge in [-0.3, -0.25) is 0 Å². The Morgan fingerprint density at radius 3 is 2.82 bits per heavy atom. The smallest absolute Gasteiger partial charge is 0.114 e. The third-order valence-corrected chi connectivity index (χ3v) is 1.83. The van der Waals surface area contributed by atoms with Crippen molar-refractivity contribution < 1.29 is 4.74 Å². The predicted octanol–water partition coefficient (Wildman–Crippen LogP) is 2.01. The number of hydrogen-bond acceptors (Lipinski definition) is 2. The molecule has 0 radical (unpaired) electrons. The van der Waals surface area contributed by atoms with Gasteiger partial charge in [-0.05, 0) is 25.5 Å². The van der Waals surface area contributed by atoms with Crippen LogP contribution < -0.4 is 0 Å². The zero-order valence-electron chi connectivity index (χ0n) is 6.79. The molecule has 0 saturated heterocycles. The number of allylic oxidation sites excluding steroid dienone is 3. The number of nitriles is 1. The molecule has 0 heterocycles. The van der Waals surface area contributed by atoms with Crippen LogP contribution in [0, 0.1) is 16.7 Å². The van der Waals surface area contributed by atoms with E-state index in [1.165, 1.54) is 0 Å². The molecule has 1 aliphatic rings. The maximum absolute atomic E-state index is 8.74. The van der Waals surface area contributed by atoms with Crippen molar-refractivity contribution in [1.82, 2.24) is 0 Å². The minimum atomic E-state index is -0.331. The maximum atomic E-state index is 8.74. The van der Waals surface area contributed by atoms with Gasteiger partial charge in [-0.15, -0.1) is 0 Å². The highest BCUT2D eigenvalue weighted by Crippen LogP contribution is 2.28. The second-order valence-corrected chi connectivity index (χ2v) is 2.88. The second-order valence-electron chi connectivity index (χ2n) is 2.88. The van der Waals surface area contributed by atoms with Gasteiger partial charge in [-0.2, -0.15) is 5.26 Å². The van der Waals surface area contributed by atoms with Crippen LogP contribution in [0.15, 0.2) is 24.0 Å². The molecule has 1 aliphatic carbocycles. The zero-order chi connectivity index (χ0) is 8.32.